The van der Waals surface area contributed by atoms with Crippen LogP contribution in [0, 0.1) is 0 Å². The van der Waals surface area contributed by atoms with Crippen LogP contribution in [0.5, 0.6) is 0 Å². The molecule has 0 aromatic heterocycles. The summed E-state index contributed by atoms with van der Waals surface area (Å²) in [5.74, 6) is 0. The molecule has 0 bridgehead atoms. The molecule has 0 spiro atoms. The van der Waals surface area contributed by atoms with Gasteiger partial charge in [-0.25, -0.2) is 0 Å². The van der Waals surface area contributed by atoms with Gasteiger partial charge in [-0.3, -0.25) is 0 Å². The predicted octanol–water partition coefficient (Wildman–Crippen LogP) is 1.81. The first-order valence-corrected chi connectivity index (χ1v) is 4.78. The van der Waals surface area contributed by atoms with Crippen molar-refractivity contribution in [2.45, 2.75) is 17.0 Å². The summed E-state index contributed by atoms with van der Waals surface area (Å²) in [7, 11) is 0. The maximum Gasteiger partial charge on any atom is 0.578 e. The third-order valence-corrected chi connectivity index (χ3v) is 2.65. The van der Waals surface area contributed by atoms with Crippen LogP contribution in [0.4, 0.5) is 13.2 Å². The number of hydrogen-bond donors (Lipinski definition) is 1. The van der Waals surface area contributed by atoms with Crippen LogP contribution in [0.15, 0.2) is 29.2 Å². The van der Waals surface area contributed by atoms with E-state index in [1.807, 2.05) is 0 Å². The number of hydrogen-bond acceptors (Lipinski definition) is 2. The van der Waals surface area contributed by atoms with E-state index in [4.69, 9.17) is 5.11 Å². The van der Waals surface area contributed by atoms with E-state index >= 15 is 0 Å². The van der Waals surface area contributed by atoms with Gasteiger partial charge in [0.25, 0.3) is 0 Å². The van der Waals surface area contributed by atoms with Crippen LogP contribution in [0.3, 0.4) is 0 Å². The molecule has 0 aliphatic heterocycles. The number of rotatable bonds is 2. The predicted molar refractivity (Wildman–Crippen MR) is 44.8 cm³/mol. The molecule has 1 aromatic carbocycles. The second kappa shape index (κ2) is 4.20. The molecule has 0 amide bonds. The van der Waals surface area contributed by atoms with Gasteiger partial charge in [0.2, 0.25) is 0 Å². The van der Waals surface area contributed by atoms with E-state index in [9.17, 15) is 17.7 Å². The minimum atomic E-state index is -4.74. The van der Waals surface area contributed by atoms with Crippen molar-refractivity contribution in [2.24, 2.45) is 0 Å². The second-order valence-corrected chi connectivity index (χ2v) is 3.99. The van der Waals surface area contributed by atoms with E-state index in [1.54, 1.807) is 0 Å². The topological polar surface area (TPSA) is 43.3 Å². The number of halogens is 3. The van der Waals surface area contributed by atoms with E-state index < -0.39 is 16.7 Å². The molecule has 14 heavy (non-hydrogen) atoms. The molecule has 0 saturated heterocycles. The van der Waals surface area contributed by atoms with Gasteiger partial charge in [0.1, 0.15) is 0 Å². The third-order valence-electron chi connectivity index (χ3n) is 1.53. The van der Waals surface area contributed by atoms with Crippen LogP contribution >= 0.6 is 0 Å². The summed E-state index contributed by atoms with van der Waals surface area (Å²) in [5, 5.41) is 8.63. The lowest BCUT2D eigenvalue weighted by Crippen LogP contribution is -2.23. The quantitative estimate of drug-likeness (QED) is 0.778. The lowest BCUT2D eigenvalue weighted by atomic mass is 10.2. The zero-order valence-electron chi connectivity index (χ0n) is 6.91. The Hall–Kier alpha value is -0.720. The average Bonchev–Trinajstić information content (AvgIpc) is 2.15. The van der Waals surface area contributed by atoms with Crippen LogP contribution in [-0.2, 0) is 17.8 Å². The third kappa shape index (κ3) is 2.63. The standard InChI is InChI=1S/C8H7F3O2S/c9-8(10,11)14(13)7-3-1-6(5-12)2-4-7/h1-4,12H,5H2. The van der Waals surface area contributed by atoms with E-state index in [0.29, 0.717) is 5.56 Å². The van der Waals surface area contributed by atoms with Crippen LogP contribution in [0.25, 0.3) is 0 Å². The Morgan fingerprint density at radius 3 is 2.07 bits per heavy atom. The molecule has 0 aliphatic carbocycles. The van der Waals surface area contributed by atoms with E-state index in [0.717, 1.165) is 12.1 Å². The molecule has 1 rings (SSSR count). The zero-order chi connectivity index (χ0) is 10.8. The van der Waals surface area contributed by atoms with Crippen molar-refractivity contribution >= 4 is 11.2 Å². The largest absolute Gasteiger partial charge is 0.604 e. The van der Waals surface area contributed by atoms with Crippen molar-refractivity contribution < 1.29 is 22.8 Å². The molecule has 0 aliphatic rings. The van der Waals surface area contributed by atoms with Crippen molar-refractivity contribution in [3.63, 3.8) is 0 Å². The van der Waals surface area contributed by atoms with Crippen molar-refractivity contribution in [1.82, 2.24) is 0 Å². The summed E-state index contributed by atoms with van der Waals surface area (Å²) < 4.78 is 46.7. The van der Waals surface area contributed by atoms with Gasteiger partial charge >= 0.3 is 5.51 Å². The molecule has 1 N–H and O–H groups in total. The molecule has 0 radical (unpaired) electrons. The van der Waals surface area contributed by atoms with Crippen LogP contribution < -0.4 is 0 Å². The molecule has 6 heteroatoms. The minimum absolute atomic E-state index is 0.251. The Bertz CT molecular complexity index is 296. The first-order chi connectivity index (χ1) is 6.45. The van der Waals surface area contributed by atoms with Gasteiger partial charge in [-0.05, 0) is 17.7 Å². The summed E-state index contributed by atoms with van der Waals surface area (Å²) in [4.78, 5) is -0.310. The Kier molecular flexibility index (Phi) is 3.41. The molecule has 78 valence electrons. The highest BCUT2D eigenvalue weighted by Crippen LogP contribution is 2.30. The smallest absolute Gasteiger partial charge is 0.578 e. The Morgan fingerprint density at radius 1 is 1.21 bits per heavy atom. The highest BCUT2D eigenvalue weighted by molar-refractivity contribution is 7.92. The minimum Gasteiger partial charge on any atom is -0.604 e. The van der Waals surface area contributed by atoms with Gasteiger partial charge in [-0.15, -0.1) is 13.2 Å². The maximum absolute atomic E-state index is 12.0. The molecule has 1 aromatic rings. The molecular formula is C8H7F3O2S. The van der Waals surface area contributed by atoms with Crippen LogP contribution in [0.2, 0.25) is 0 Å². The molecule has 1 unspecified atom stereocenters. The first-order valence-electron chi connectivity index (χ1n) is 3.63. The van der Waals surface area contributed by atoms with E-state index in [1.165, 1.54) is 12.1 Å². The molecule has 0 saturated carbocycles. The summed E-state index contributed by atoms with van der Waals surface area (Å²) in [6.07, 6.45) is 0. The maximum atomic E-state index is 12.0. The fraction of sp³-hybridized carbons (Fsp3) is 0.250. The molecule has 1 atom stereocenters. The van der Waals surface area contributed by atoms with Gasteiger partial charge in [-0.1, -0.05) is 12.1 Å². The summed E-state index contributed by atoms with van der Waals surface area (Å²) in [6, 6.07) is 4.79. The average molecular weight is 224 g/mol. The fourth-order valence-electron chi connectivity index (χ4n) is 0.852. The lowest BCUT2D eigenvalue weighted by molar-refractivity contribution is -0.0435. The number of aliphatic hydroxyl groups excluding tert-OH is 1. The monoisotopic (exact) mass is 224 g/mol. The molecule has 2 nitrogen and oxygen atoms in total. The van der Waals surface area contributed by atoms with Gasteiger partial charge < -0.3 is 9.66 Å². The van der Waals surface area contributed by atoms with Gasteiger partial charge in [-0.2, -0.15) is 0 Å². The van der Waals surface area contributed by atoms with Crippen LogP contribution in [0.1, 0.15) is 5.56 Å². The molecule has 0 fully saturated rings. The van der Waals surface area contributed by atoms with Gasteiger partial charge in [0, 0.05) is 0 Å². The van der Waals surface area contributed by atoms with Crippen molar-refractivity contribution in [3.05, 3.63) is 29.8 Å². The number of benzene rings is 1. The first kappa shape index (κ1) is 11.4. The second-order valence-electron chi connectivity index (χ2n) is 2.52. The Balaban J connectivity index is 2.87. The van der Waals surface area contributed by atoms with Crippen LogP contribution in [-0.4, -0.2) is 15.2 Å². The summed E-state index contributed by atoms with van der Waals surface area (Å²) in [5.41, 5.74) is -4.26. The number of alkyl halides is 3. The summed E-state index contributed by atoms with van der Waals surface area (Å²) >= 11 is -2.99. The molecular weight excluding hydrogens is 217 g/mol. The SMILES string of the molecule is [O-][S+](c1ccc(CO)cc1)C(F)(F)F. The Morgan fingerprint density at radius 2 is 1.71 bits per heavy atom. The lowest BCUT2D eigenvalue weighted by Gasteiger charge is -2.11. The van der Waals surface area contributed by atoms with E-state index in [-0.39, 0.29) is 11.5 Å². The van der Waals surface area contributed by atoms with Crippen molar-refractivity contribution in [1.29, 1.82) is 0 Å². The van der Waals surface area contributed by atoms with Crippen molar-refractivity contribution in [2.75, 3.05) is 0 Å². The molecule has 0 heterocycles. The Labute approximate surface area is 81.5 Å². The fourth-order valence-corrected chi connectivity index (χ4v) is 1.50. The van der Waals surface area contributed by atoms with Gasteiger partial charge in [0.15, 0.2) is 4.90 Å². The highest BCUT2D eigenvalue weighted by atomic mass is 32.2. The highest BCUT2D eigenvalue weighted by Gasteiger charge is 2.45. The number of aliphatic hydroxyl groups is 1. The zero-order valence-corrected chi connectivity index (χ0v) is 7.73. The van der Waals surface area contributed by atoms with Gasteiger partial charge in [0.05, 0.1) is 17.8 Å². The summed E-state index contributed by atoms with van der Waals surface area (Å²) in [6.45, 7) is -0.251. The normalized spacial score (nSPS) is 14.1. The van der Waals surface area contributed by atoms with Crippen molar-refractivity contribution in [3.8, 4) is 0 Å². The van der Waals surface area contributed by atoms with E-state index in [2.05, 4.69) is 0 Å².